The maximum atomic E-state index is 9.86. The Morgan fingerprint density at radius 1 is 0.941 bits per heavy atom. The van der Waals surface area contributed by atoms with Crippen molar-refractivity contribution in [1.82, 2.24) is 0 Å². The standard InChI is InChI=1S/2C5H8O2.C2H4O/c2*1-3-4(2)5(6)7;1-2-3-1/h2*3H,1-2H3,(H,6,7);1-2H2. The van der Waals surface area contributed by atoms with Crippen LogP contribution in [0.25, 0.3) is 0 Å². The van der Waals surface area contributed by atoms with E-state index in [9.17, 15) is 9.59 Å². The quantitative estimate of drug-likeness (QED) is 0.573. The van der Waals surface area contributed by atoms with Gasteiger partial charge in [-0.05, 0) is 27.7 Å². The average molecular weight is 244 g/mol. The van der Waals surface area contributed by atoms with Gasteiger partial charge in [0.2, 0.25) is 0 Å². The number of carboxylic acid groups (broad SMARTS) is 2. The number of allylic oxidation sites excluding steroid dienone is 2. The molecule has 0 atom stereocenters. The van der Waals surface area contributed by atoms with E-state index in [1.807, 2.05) is 0 Å². The number of epoxide rings is 1. The van der Waals surface area contributed by atoms with Crippen molar-refractivity contribution >= 4 is 11.9 Å². The van der Waals surface area contributed by atoms with Crippen LogP contribution in [0.3, 0.4) is 0 Å². The van der Waals surface area contributed by atoms with Crippen molar-refractivity contribution in [1.29, 1.82) is 0 Å². The van der Waals surface area contributed by atoms with Crippen LogP contribution in [-0.2, 0) is 14.3 Å². The molecule has 98 valence electrons. The predicted octanol–water partition coefficient (Wildman–Crippen LogP) is 2.09. The van der Waals surface area contributed by atoms with Gasteiger partial charge in [0.15, 0.2) is 0 Å². The third kappa shape index (κ3) is 17.0. The lowest BCUT2D eigenvalue weighted by Crippen LogP contribution is -1.93. The molecular weight excluding hydrogens is 224 g/mol. The molecule has 5 heteroatoms. The summed E-state index contributed by atoms with van der Waals surface area (Å²) in [6.07, 6.45) is 3.12. The molecule has 0 aromatic heterocycles. The number of carboxylic acids is 2. The maximum Gasteiger partial charge on any atom is 0.330 e. The first-order valence-electron chi connectivity index (χ1n) is 5.16. The molecule has 2 N–H and O–H groups in total. The molecule has 1 heterocycles. The SMILES string of the molecule is C1CO1.CC=C(C)C(=O)O.CC=C(C)C(=O)O. The van der Waals surface area contributed by atoms with Crippen molar-refractivity contribution in [3.8, 4) is 0 Å². The highest BCUT2D eigenvalue weighted by Crippen LogP contribution is 1.88. The minimum atomic E-state index is -0.845. The van der Waals surface area contributed by atoms with Crippen molar-refractivity contribution in [3.63, 3.8) is 0 Å². The summed E-state index contributed by atoms with van der Waals surface area (Å²) in [4.78, 5) is 19.7. The highest BCUT2D eigenvalue weighted by atomic mass is 16.6. The minimum Gasteiger partial charge on any atom is -0.478 e. The van der Waals surface area contributed by atoms with Gasteiger partial charge in [-0.15, -0.1) is 0 Å². The van der Waals surface area contributed by atoms with Gasteiger partial charge in [0.05, 0.1) is 13.2 Å². The second-order valence-corrected chi connectivity index (χ2v) is 3.17. The third-order valence-corrected chi connectivity index (χ3v) is 1.74. The van der Waals surface area contributed by atoms with Gasteiger partial charge in [0.1, 0.15) is 0 Å². The molecule has 0 amide bonds. The molecule has 0 unspecified atom stereocenters. The van der Waals surface area contributed by atoms with Crippen molar-refractivity contribution in [2.75, 3.05) is 13.2 Å². The Balaban J connectivity index is 0. The third-order valence-electron chi connectivity index (χ3n) is 1.74. The molecule has 0 aromatic carbocycles. The molecule has 0 bridgehead atoms. The van der Waals surface area contributed by atoms with E-state index in [1.54, 1.807) is 39.8 Å². The van der Waals surface area contributed by atoms with E-state index in [2.05, 4.69) is 4.74 Å². The van der Waals surface area contributed by atoms with Gasteiger partial charge in [0, 0.05) is 11.1 Å². The van der Waals surface area contributed by atoms with Gasteiger partial charge in [0.25, 0.3) is 0 Å². The molecule has 17 heavy (non-hydrogen) atoms. The molecule has 1 aliphatic rings. The Morgan fingerprint density at radius 3 is 1.18 bits per heavy atom. The number of hydrogen-bond donors (Lipinski definition) is 2. The fourth-order valence-electron chi connectivity index (χ4n) is 0.247. The fraction of sp³-hybridized carbons (Fsp3) is 0.500. The Kier molecular flexibility index (Phi) is 11.4. The normalized spacial score (nSPS) is 13.6. The molecule has 1 rings (SSSR count). The Bertz CT molecular complexity index is 269. The minimum absolute atomic E-state index is 0.389. The van der Waals surface area contributed by atoms with Gasteiger partial charge < -0.3 is 14.9 Å². The highest BCUT2D eigenvalue weighted by Gasteiger charge is 1.94. The highest BCUT2D eigenvalue weighted by molar-refractivity contribution is 5.85. The van der Waals surface area contributed by atoms with E-state index >= 15 is 0 Å². The summed E-state index contributed by atoms with van der Waals surface area (Å²) < 4.78 is 4.50. The first-order chi connectivity index (χ1) is 7.86. The van der Waals surface area contributed by atoms with E-state index in [-0.39, 0.29) is 0 Å². The summed E-state index contributed by atoms with van der Waals surface area (Å²) in [7, 11) is 0. The molecule has 1 fully saturated rings. The number of ether oxygens (including phenoxy) is 1. The molecule has 0 spiro atoms. The fourth-order valence-corrected chi connectivity index (χ4v) is 0.247. The zero-order chi connectivity index (χ0) is 13.8. The van der Waals surface area contributed by atoms with Gasteiger partial charge in [-0.3, -0.25) is 0 Å². The van der Waals surface area contributed by atoms with Crippen LogP contribution in [0.15, 0.2) is 23.3 Å². The lowest BCUT2D eigenvalue weighted by molar-refractivity contribution is -0.133. The monoisotopic (exact) mass is 244 g/mol. The summed E-state index contributed by atoms with van der Waals surface area (Å²) in [5, 5.41) is 16.2. The van der Waals surface area contributed by atoms with Crippen LogP contribution in [-0.4, -0.2) is 35.4 Å². The summed E-state index contributed by atoms with van der Waals surface area (Å²) in [5.74, 6) is -1.69. The van der Waals surface area contributed by atoms with Gasteiger partial charge in [-0.25, -0.2) is 9.59 Å². The summed E-state index contributed by atoms with van der Waals surface area (Å²) in [6, 6.07) is 0. The Morgan fingerprint density at radius 2 is 1.18 bits per heavy atom. The maximum absolute atomic E-state index is 9.86. The number of carbonyl (C=O) groups is 2. The first kappa shape index (κ1) is 17.8. The lowest BCUT2D eigenvalue weighted by atomic mass is 10.3. The van der Waals surface area contributed by atoms with E-state index in [0.717, 1.165) is 13.2 Å². The van der Waals surface area contributed by atoms with Crippen molar-refractivity contribution in [3.05, 3.63) is 23.3 Å². The van der Waals surface area contributed by atoms with Crippen LogP contribution in [0.5, 0.6) is 0 Å². The van der Waals surface area contributed by atoms with Crippen LogP contribution in [0.2, 0.25) is 0 Å². The number of rotatable bonds is 2. The zero-order valence-electron chi connectivity index (χ0n) is 10.7. The summed E-state index contributed by atoms with van der Waals surface area (Å²) >= 11 is 0. The van der Waals surface area contributed by atoms with E-state index in [4.69, 9.17) is 10.2 Å². The first-order valence-corrected chi connectivity index (χ1v) is 5.16. The van der Waals surface area contributed by atoms with E-state index in [0.29, 0.717) is 11.1 Å². The molecule has 1 saturated heterocycles. The van der Waals surface area contributed by atoms with Crippen LogP contribution in [0, 0.1) is 0 Å². The molecule has 0 radical (unpaired) electrons. The second-order valence-electron chi connectivity index (χ2n) is 3.17. The van der Waals surface area contributed by atoms with Crippen LogP contribution in [0.4, 0.5) is 0 Å². The van der Waals surface area contributed by atoms with E-state index in [1.165, 1.54) is 0 Å². The lowest BCUT2D eigenvalue weighted by Gasteiger charge is -1.84. The number of aliphatic carboxylic acids is 2. The second kappa shape index (κ2) is 10.9. The molecular formula is C12H20O5. The molecule has 5 nitrogen and oxygen atoms in total. The molecule has 0 aliphatic carbocycles. The van der Waals surface area contributed by atoms with Gasteiger partial charge in [-0.1, -0.05) is 12.2 Å². The smallest absolute Gasteiger partial charge is 0.330 e. The summed E-state index contributed by atoms with van der Waals surface area (Å²) in [6.45, 7) is 8.51. The van der Waals surface area contributed by atoms with Crippen molar-refractivity contribution < 1.29 is 24.5 Å². The predicted molar refractivity (Wildman–Crippen MR) is 65.0 cm³/mol. The Labute approximate surface area is 101 Å². The van der Waals surface area contributed by atoms with Gasteiger partial charge >= 0.3 is 11.9 Å². The van der Waals surface area contributed by atoms with Crippen LogP contribution < -0.4 is 0 Å². The summed E-state index contributed by atoms with van der Waals surface area (Å²) in [5.41, 5.74) is 0.778. The van der Waals surface area contributed by atoms with Crippen LogP contribution >= 0.6 is 0 Å². The van der Waals surface area contributed by atoms with Gasteiger partial charge in [-0.2, -0.15) is 0 Å². The van der Waals surface area contributed by atoms with Crippen molar-refractivity contribution in [2.24, 2.45) is 0 Å². The average Bonchev–Trinajstić information content (AvgIpc) is 3.14. The molecule has 0 saturated carbocycles. The van der Waals surface area contributed by atoms with E-state index < -0.39 is 11.9 Å². The zero-order valence-corrected chi connectivity index (χ0v) is 10.7. The number of hydrogen-bond acceptors (Lipinski definition) is 3. The van der Waals surface area contributed by atoms with Crippen molar-refractivity contribution in [2.45, 2.75) is 27.7 Å². The molecule has 1 aliphatic heterocycles. The molecule has 0 aromatic rings. The topological polar surface area (TPSA) is 87.1 Å². The largest absolute Gasteiger partial charge is 0.478 e. The van der Waals surface area contributed by atoms with Crippen LogP contribution in [0.1, 0.15) is 27.7 Å². The Hall–Kier alpha value is -1.62.